The van der Waals surface area contributed by atoms with Crippen LogP contribution in [0.3, 0.4) is 0 Å². The lowest BCUT2D eigenvalue weighted by molar-refractivity contribution is 0.413. The van der Waals surface area contributed by atoms with Crippen LogP contribution < -0.4 is 10.1 Å². The van der Waals surface area contributed by atoms with E-state index in [1.807, 2.05) is 36.4 Å². The molecule has 1 atom stereocenters. The number of ether oxygens (including phenoxy) is 1. The largest absolute Gasteiger partial charge is 0.495 e. The van der Waals surface area contributed by atoms with Gasteiger partial charge in [0.1, 0.15) is 11.8 Å². The first-order valence-corrected chi connectivity index (χ1v) is 7.50. The average molecular weight is 345 g/mol. The lowest BCUT2D eigenvalue weighted by Crippen LogP contribution is -2.18. The van der Waals surface area contributed by atoms with Gasteiger partial charge in [0, 0.05) is 17.1 Å². The van der Waals surface area contributed by atoms with Crippen LogP contribution >= 0.6 is 15.9 Å². The van der Waals surface area contributed by atoms with Crippen molar-refractivity contribution in [2.75, 3.05) is 7.11 Å². The van der Waals surface area contributed by atoms with Gasteiger partial charge in [-0.05, 0) is 36.2 Å². The Kier molecular flexibility index (Phi) is 5.38. The van der Waals surface area contributed by atoms with Crippen molar-refractivity contribution < 1.29 is 4.74 Å². The summed E-state index contributed by atoms with van der Waals surface area (Å²) in [5.41, 5.74) is 2.84. The third-order valence-electron chi connectivity index (χ3n) is 3.37. The van der Waals surface area contributed by atoms with E-state index in [9.17, 15) is 0 Å². The third kappa shape index (κ3) is 3.84. The van der Waals surface area contributed by atoms with Crippen LogP contribution in [-0.4, -0.2) is 7.11 Å². The Hall–Kier alpha value is -1.83. The van der Waals surface area contributed by atoms with Crippen molar-refractivity contribution in [1.29, 1.82) is 5.26 Å². The van der Waals surface area contributed by atoms with E-state index in [0.29, 0.717) is 17.9 Å². The minimum Gasteiger partial charge on any atom is -0.495 e. The fourth-order valence-corrected chi connectivity index (χ4v) is 2.79. The van der Waals surface area contributed by atoms with E-state index in [-0.39, 0.29) is 6.04 Å². The number of benzene rings is 2. The maximum Gasteiger partial charge on any atom is 0.136 e. The number of nitriles is 1. The fourth-order valence-electron chi connectivity index (χ4n) is 2.16. The third-order valence-corrected chi connectivity index (χ3v) is 4.09. The first kappa shape index (κ1) is 15.6. The summed E-state index contributed by atoms with van der Waals surface area (Å²) in [7, 11) is 1.57. The lowest BCUT2D eigenvalue weighted by atomic mass is 10.1. The summed E-state index contributed by atoms with van der Waals surface area (Å²) < 4.78 is 6.25. The number of halogens is 1. The van der Waals surface area contributed by atoms with Gasteiger partial charge in [-0.1, -0.05) is 40.2 Å². The molecule has 1 N–H and O–H groups in total. The first-order chi connectivity index (χ1) is 10.2. The Morgan fingerprint density at radius 1 is 1.29 bits per heavy atom. The second-order valence-electron chi connectivity index (χ2n) is 4.77. The van der Waals surface area contributed by atoms with E-state index < -0.39 is 0 Å². The maximum atomic E-state index is 9.11. The molecule has 21 heavy (non-hydrogen) atoms. The molecule has 108 valence electrons. The van der Waals surface area contributed by atoms with Crippen molar-refractivity contribution in [3.63, 3.8) is 0 Å². The van der Waals surface area contributed by atoms with Gasteiger partial charge in [0.05, 0.1) is 12.7 Å². The summed E-state index contributed by atoms with van der Waals surface area (Å²) in [5, 5.41) is 12.6. The van der Waals surface area contributed by atoms with Crippen LogP contribution in [0.5, 0.6) is 5.75 Å². The monoisotopic (exact) mass is 344 g/mol. The predicted molar refractivity (Wildman–Crippen MR) is 87.1 cm³/mol. The molecule has 2 aromatic rings. The number of nitrogens with one attached hydrogen (secondary N) is 1. The van der Waals surface area contributed by atoms with Crippen molar-refractivity contribution in [2.45, 2.75) is 19.5 Å². The first-order valence-electron chi connectivity index (χ1n) is 6.70. The van der Waals surface area contributed by atoms with Crippen LogP contribution in [0.2, 0.25) is 0 Å². The standard InChI is InChI=1S/C17H17BrN2O/c1-12(15-5-3-4-6-16(15)18)20-11-13-7-8-17(21-2)14(9-13)10-19/h3-9,12,20H,11H2,1-2H3/t12-/m1/s1. The van der Waals surface area contributed by atoms with E-state index in [2.05, 4.69) is 40.3 Å². The van der Waals surface area contributed by atoms with Crippen molar-refractivity contribution >= 4 is 15.9 Å². The fraction of sp³-hybridized carbons (Fsp3) is 0.235. The molecule has 0 spiro atoms. The summed E-state index contributed by atoms with van der Waals surface area (Å²) in [4.78, 5) is 0. The van der Waals surface area contributed by atoms with Gasteiger partial charge in [0.15, 0.2) is 0 Å². The molecule has 0 aromatic heterocycles. The van der Waals surface area contributed by atoms with Crippen molar-refractivity contribution in [1.82, 2.24) is 5.32 Å². The number of nitrogens with zero attached hydrogens (tertiary/aromatic N) is 1. The molecule has 0 saturated heterocycles. The molecule has 0 heterocycles. The average Bonchev–Trinajstić information content (AvgIpc) is 2.52. The highest BCUT2D eigenvalue weighted by Crippen LogP contribution is 2.23. The molecule has 4 heteroatoms. The van der Waals surface area contributed by atoms with Crippen molar-refractivity contribution in [2.24, 2.45) is 0 Å². The Bertz CT molecular complexity index is 664. The molecule has 0 radical (unpaired) electrons. The quantitative estimate of drug-likeness (QED) is 0.884. The lowest BCUT2D eigenvalue weighted by Gasteiger charge is -2.16. The number of rotatable bonds is 5. The van der Waals surface area contributed by atoms with Crippen LogP contribution in [0.1, 0.15) is 29.7 Å². The van der Waals surface area contributed by atoms with Crippen LogP contribution in [0.4, 0.5) is 0 Å². The van der Waals surface area contributed by atoms with Crippen molar-refractivity contribution in [3.8, 4) is 11.8 Å². The molecule has 3 nitrogen and oxygen atoms in total. The highest BCUT2D eigenvalue weighted by Gasteiger charge is 2.09. The van der Waals surface area contributed by atoms with E-state index in [4.69, 9.17) is 10.00 Å². The highest BCUT2D eigenvalue weighted by atomic mass is 79.9. The minimum absolute atomic E-state index is 0.216. The molecule has 0 unspecified atom stereocenters. The van der Waals surface area contributed by atoms with Gasteiger partial charge in [-0.25, -0.2) is 0 Å². The number of hydrogen-bond acceptors (Lipinski definition) is 3. The van der Waals surface area contributed by atoms with Gasteiger partial charge >= 0.3 is 0 Å². The summed E-state index contributed by atoms with van der Waals surface area (Å²) >= 11 is 3.57. The molecule has 0 fully saturated rings. The van der Waals surface area contributed by atoms with Crippen LogP contribution in [-0.2, 0) is 6.54 Å². The van der Waals surface area contributed by atoms with Crippen LogP contribution in [0.25, 0.3) is 0 Å². The summed E-state index contributed by atoms with van der Waals surface area (Å²) in [6.07, 6.45) is 0. The SMILES string of the molecule is COc1ccc(CN[C@H](C)c2ccccc2Br)cc1C#N. The normalized spacial score (nSPS) is 11.7. The maximum absolute atomic E-state index is 9.11. The Morgan fingerprint density at radius 3 is 2.71 bits per heavy atom. The van der Waals surface area contributed by atoms with E-state index >= 15 is 0 Å². The van der Waals surface area contributed by atoms with Gasteiger partial charge in [-0.3, -0.25) is 0 Å². The van der Waals surface area contributed by atoms with Gasteiger partial charge in [0.25, 0.3) is 0 Å². The van der Waals surface area contributed by atoms with Gasteiger partial charge in [-0.2, -0.15) is 5.26 Å². The molecule has 0 bridgehead atoms. The Morgan fingerprint density at radius 2 is 2.05 bits per heavy atom. The van der Waals surface area contributed by atoms with E-state index in [1.54, 1.807) is 7.11 Å². The van der Waals surface area contributed by atoms with Crippen LogP contribution in [0, 0.1) is 11.3 Å². The molecule has 0 aliphatic heterocycles. The van der Waals surface area contributed by atoms with Crippen LogP contribution in [0.15, 0.2) is 46.9 Å². The Labute approximate surface area is 133 Å². The van der Waals surface area contributed by atoms with Crippen molar-refractivity contribution in [3.05, 3.63) is 63.6 Å². The molecule has 2 aromatic carbocycles. The summed E-state index contributed by atoms with van der Waals surface area (Å²) in [6.45, 7) is 2.82. The molecule has 0 amide bonds. The zero-order chi connectivity index (χ0) is 15.2. The van der Waals surface area contributed by atoms with Gasteiger partial charge in [-0.15, -0.1) is 0 Å². The van der Waals surface area contributed by atoms with Gasteiger partial charge in [0.2, 0.25) is 0 Å². The second-order valence-corrected chi connectivity index (χ2v) is 5.62. The van der Waals surface area contributed by atoms with Gasteiger partial charge < -0.3 is 10.1 Å². The molecule has 0 saturated carbocycles. The number of hydrogen-bond donors (Lipinski definition) is 1. The Balaban J connectivity index is 2.07. The molecule has 2 rings (SSSR count). The minimum atomic E-state index is 0.216. The van der Waals surface area contributed by atoms with E-state index in [0.717, 1.165) is 10.0 Å². The molecular weight excluding hydrogens is 328 g/mol. The zero-order valence-electron chi connectivity index (χ0n) is 12.1. The highest BCUT2D eigenvalue weighted by molar-refractivity contribution is 9.10. The summed E-state index contributed by atoms with van der Waals surface area (Å²) in [5.74, 6) is 0.611. The number of methoxy groups -OCH3 is 1. The predicted octanol–water partition coefficient (Wildman–Crippen LogP) is 4.18. The second kappa shape index (κ2) is 7.26. The smallest absolute Gasteiger partial charge is 0.136 e. The van der Waals surface area contributed by atoms with E-state index in [1.165, 1.54) is 5.56 Å². The zero-order valence-corrected chi connectivity index (χ0v) is 13.6. The molecule has 0 aliphatic carbocycles. The summed E-state index contributed by atoms with van der Waals surface area (Å²) in [6, 6.07) is 16.2. The topological polar surface area (TPSA) is 45.0 Å². The molecule has 0 aliphatic rings. The molecular formula is C17H17BrN2O.